The van der Waals surface area contributed by atoms with Crippen molar-refractivity contribution in [2.75, 3.05) is 6.26 Å². The summed E-state index contributed by atoms with van der Waals surface area (Å²) in [5, 5.41) is 0. The summed E-state index contributed by atoms with van der Waals surface area (Å²) in [5.74, 6) is -4.44. The van der Waals surface area contributed by atoms with E-state index in [0.717, 1.165) is 0 Å². The van der Waals surface area contributed by atoms with E-state index >= 15 is 0 Å². The first-order valence-electron chi connectivity index (χ1n) is 6.24. The first-order valence-corrected chi connectivity index (χ1v) is 9.70. The molecule has 0 radical (unpaired) electrons. The third-order valence-corrected chi connectivity index (χ3v) is 4.90. The lowest BCUT2D eigenvalue weighted by molar-refractivity contribution is 0.435. The van der Waals surface area contributed by atoms with Crippen LogP contribution in [0.1, 0.15) is 5.56 Å². The highest BCUT2D eigenvalue weighted by Crippen LogP contribution is 2.28. The molecule has 0 aliphatic rings. The standard InChI is InChI=1S/C14H12F2O5S2/c1-22(17,18)21-14-12(15)7-11(8-13(14)16)23(19,20)9-10-5-3-2-4-6-10/h2-8H,9H2,1H3. The molecule has 0 aromatic heterocycles. The van der Waals surface area contributed by atoms with Crippen molar-refractivity contribution in [2.24, 2.45) is 0 Å². The summed E-state index contributed by atoms with van der Waals surface area (Å²) in [5.41, 5.74) is 0.449. The molecule has 0 saturated carbocycles. The molecular formula is C14H12F2O5S2. The van der Waals surface area contributed by atoms with Gasteiger partial charge in [0.2, 0.25) is 5.75 Å². The fourth-order valence-corrected chi connectivity index (χ4v) is 3.65. The predicted octanol–water partition coefficient (Wildman–Crippen LogP) is 2.28. The molecule has 0 aliphatic carbocycles. The molecule has 0 unspecified atom stereocenters. The Kier molecular flexibility index (Phi) is 4.71. The second-order valence-corrected chi connectivity index (χ2v) is 8.31. The van der Waals surface area contributed by atoms with E-state index < -0.39 is 48.0 Å². The van der Waals surface area contributed by atoms with Gasteiger partial charge in [0.1, 0.15) is 0 Å². The van der Waals surface area contributed by atoms with Crippen molar-refractivity contribution in [3.05, 3.63) is 59.7 Å². The van der Waals surface area contributed by atoms with Crippen LogP contribution in [-0.4, -0.2) is 23.1 Å². The van der Waals surface area contributed by atoms with Gasteiger partial charge in [-0.05, 0) is 17.7 Å². The van der Waals surface area contributed by atoms with Gasteiger partial charge in [0, 0.05) is 0 Å². The molecule has 0 atom stereocenters. The number of hydrogen-bond acceptors (Lipinski definition) is 5. The quantitative estimate of drug-likeness (QED) is 0.763. The van der Waals surface area contributed by atoms with Crippen LogP contribution in [0.2, 0.25) is 0 Å². The molecule has 23 heavy (non-hydrogen) atoms. The zero-order valence-electron chi connectivity index (χ0n) is 11.9. The fourth-order valence-electron chi connectivity index (χ4n) is 1.82. The minimum atomic E-state index is -4.15. The third kappa shape index (κ3) is 4.49. The van der Waals surface area contributed by atoms with Gasteiger partial charge in [0.05, 0.1) is 16.9 Å². The van der Waals surface area contributed by atoms with Gasteiger partial charge in [0.15, 0.2) is 21.5 Å². The van der Waals surface area contributed by atoms with E-state index in [9.17, 15) is 25.6 Å². The van der Waals surface area contributed by atoms with Gasteiger partial charge in [-0.1, -0.05) is 30.3 Å². The van der Waals surface area contributed by atoms with Crippen LogP contribution in [0.25, 0.3) is 0 Å². The van der Waals surface area contributed by atoms with E-state index in [1.54, 1.807) is 30.3 Å². The molecule has 0 heterocycles. The SMILES string of the molecule is CS(=O)(=O)Oc1c(F)cc(S(=O)(=O)Cc2ccccc2)cc1F. The molecule has 2 aromatic carbocycles. The molecule has 0 aliphatic heterocycles. The molecule has 124 valence electrons. The number of hydrogen-bond donors (Lipinski definition) is 0. The lowest BCUT2D eigenvalue weighted by atomic mass is 10.2. The Morgan fingerprint density at radius 2 is 1.48 bits per heavy atom. The largest absolute Gasteiger partial charge is 0.376 e. The Morgan fingerprint density at radius 1 is 0.957 bits per heavy atom. The summed E-state index contributed by atoms with van der Waals surface area (Å²) in [7, 11) is -8.15. The average molecular weight is 362 g/mol. The van der Waals surface area contributed by atoms with Crippen molar-refractivity contribution >= 4 is 20.0 Å². The molecule has 9 heteroatoms. The first kappa shape index (κ1) is 17.4. The summed E-state index contributed by atoms with van der Waals surface area (Å²) in [6.07, 6.45) is 0.617. The van der Waals surface area contributed by atoms with Gasteiger partial charge in [-0.3, -0.25) is 0 Å². The molecule has 2 aromatic rings. The first-order chi connectivity index (χ1) is 10.6. The topological polar surface area (TPSA) is 77.5 Å². The van der Waals surface area contributed by atoms with E-state index in [-0.39, 0.29) is 0 Å². The zero-order valence-corrected chi connectivity index (χ0v) is 13.5. The minimum Gasteiger partial charge on any atom is -0.376 e. The fraction of sp³-hybridized carbons (Fsp3) is 0.143. The highest BCUT2D eigenvalue weighted by Gasteiger charge is 2.23. The maximum absolute atomic E-state index is 13.8. The van der Waals surface area contributed by atoms with Gasteiger partial charge in [0.25, 0.3) is 0 Å². The van der Waals surface area contributed by atoms with Crippen molar-refractivity contribution in [3.8, 4) is 5.75 Å². The van der Waals surface area contributed by atoms with Crippen molar-refractivity contribution < 1.29 is 29.8 Å². The molecule has 0 bridgehead atoms. The average Bonchev–Trinajstić information content (AvgIpc) is 2.42. The Bertz CT molecular complexity index is 900. The van der Waals surface area contributed by atoms with Gasteiger partial charge in [-0.25, -0.2) is 17.2 Å². The minimum absolute atomic E-state index is 0.445. The van der Waals surface area contributed by atoms with Crippen molar-refractivity contribution in [1.29, 1.82) is 0 Å². The smallest absolute Gasteiger partial charge is 0.306 e. The zero-order chi connectivity index (χ0) is 17.3. The third-order valence-electron chi connectivity index (χ3n) is 2.77. The summed E-state index contributed by atoms with van der Waals surface area (Å²) in [6, 6.07) is 9.15. The second-order valence-electron chi connectivity index (χ2n) is 4.75. The van der Waals surface area contributed by atoms with Crippen LogP contribution >= 0.6 is 0 Å². The molecule has 5 nitrogen and oxygen atoms in total. The summed E-state index contributed by atoms with van der Waals surface area (Å²) >= 11 is 0. The monoisotopic (exact) mass is 362 g/mol. The summed E-state index contributed by atoms with van der Waals surface area (Å²) in [6.45, 7) is 0. The summed E-state index contributed by atoms with van der Waals surface area (Å²) in [4.78, 5) is -0.600. The lowest BCUT2D eigenvalue weighted by Crippen LogP contribution is -2.11. The Hall–Kier alpha value is -2.00. The van der Waals surface area contributed by atoms with Gasteiger partial charge < -0.3 is 4.18 Å². The highest BCUT2D eigenvalue weighted by atomic mass is 32.2. The number of rotatable bonds is 5. The van der Waals surface area contributed by atoms with Crippen molar-refractivity contribution in [3.63, 3.8) is 0 Å². The van der Waals surface area contributed by atoms with E-state index in [0.29, 0.717) is 24.0 Å². The van der Waals surface area contributed by atoms with E-state index in [1.807, 2.05) is 0 Å². The predicted molar refractivity (Wildman–Crippen MR) is 79.2 cm³/mol. The van der Waals surface area contributed by atoms with E-state index in [1.165, 1.54) is 0 Å². The molecule has 0 amide bonds. The molecular weight excluding hydrogens is 350 g/mol. The Balaban J connectivity index is 2.41. The molecule has 0 saturated heterocycles. The van der Waals surface area contributed by atoms with E-state index in [4.69, 9.17) is 0 Å². The number of sulfone groups is 1. The number of halogens is 2. The van der Waals surface area contributed by atoms with Crippen LogP contribution in [-0.2, 0) is 25.7 Å². The van der Waals surface area contributed by atoms with E-state index in [2.05, 4.69) is 4.18 Å². The Morgan fingerprint density at radius 3 is 1.96 bits per heavy atom. The lowest BCUT2D eigenvalue weighted by Gasteiger charge is -2.09. The van der Waals surface area contributed by atoms with Crippen molar-refractivity contribution in [2.45, 2.75) is 10.6 Å². The molecule has 0 N–H and O–H groups in total. The van der Waals surface area contributed by atoms with Gasteiger partial charge >= 0.3 is 10.1 Å². The normalized spacial score (nSPS) is 12.1. The highest BCUT2D eigenvalue weighted by molar-refractivity contribution is 7.90. The second kappa shape index (κ2) is 6.25. The van der Waals surface area contributed by atoms with Crippen LogP contribution < -0.4 is 4.18 Å². The maximum atomic E-state index is 13.8. The molecule has 2 rings (SSSR count). The van der Waals surface area contributed by atoms with Gasteiger partial charge in [-0.15, -0.1) is 0 Å². The van der Waals surface area contributed by atoms with Crippen molar-refractivity contribution in [1.82, 2.24) is 0 Å². The van der Waals surface area contributed by atoms with Crippen LogP contribution in [0, 0.1) is 11.6 Å². The van der Waals surface area contributed by atoms with Crippen LogP contribution in [0.5, 0.6) is 5.75 Å². The van der Waals surface area contributed by atoms with Gasteiger partial charge in [-0.2, -0.15) is 8.42 Å². The maximum Gasteiger partial charge on any atom is 0.306 e. The van der Waals surface area contributed by atoms with Crippen LogP contribution in [0.3, 0.4) is 0 Å². The van der Waals surface area contributed by atoms with Crippen LogP contribution in [0.4, 0.5) is 8.78 Å². The Labute approximate surface area is 132 Å². The summed E-state index contributed by atoms with van der Waals surface area (Å²) < 4.78 is 78.1. The molecule has 0 fully saturated rings. The van der Waals surface area contributed by atoms with Crippen LogP contribution in [0.15, 0.2) is 47.4 Å². The number of benzene rings is 2. The molecule has 0 spiro atoms.